The van der Waals surface area contributed by atoms with Gasteiger partial charge in [0.1, 0.15) is 0 Å². The SMILES string of the molecule is CCC(C)(C)C(=O)OCCOC(=O)NCC[PH](c1ccccc1)(c1ccccc1)c1ccccc1. The van der Waals surface area contributed by atoms with Crippen LogP contribution in [0.15, 0.2) is 91.0 Å². The predicted molar refractivity (Wildman–Crippen MR) is 146 cm³/mol. The third kappa shape index (κ3) is 6.70. The summed E-state index contributed by atoms with van der Waals surface area (Å²) in [4.78, 5) is 24.4. The molecule has 5 nitrogen and oxygen atoms in total. The average Bonchev–Trinajstić information content (AvgIpc) is 2.90. The van der Waals surface area contributed by atoms with E-state index in [4.69, 9.17) is 9.47 Å². The number of hydrogen-bond donors (Lipinski definition) is 1. The number of amides is 1. The van der Waals surface area contributed by atoms with Crippen LogP contribution in [0.5, 0.6) is 0 Å². The number of hydrogen-bond acceptors (Lipinski definition) is 4. The average molecular weight is 494 g/mol. The van der Waals surface area contributed by atoms with Gasteiger partial charge in [-0.2, -0.15) is 0 Å². The second-order valence-electron chi connectivity index (χ2n) is 9.19. The van der Waals surface area contributed by atoms with Crippen LogP contribution in [0.2, 0.25) is 0 Å². The first-order valence-corrected chi connectivity index (χ1v) is 14.4. The van der Waals surface area contributed by atoms with Gasteiger partial charge in [-0.05, 0) is 0 Å². The van der Waals surface area contributed by atoms with Gasteiger partial charge in [-0.15, -0.1) is 0 Å². The third-order valence-electron chi connectivity index (χ3n) is 6.56. The monoisotopic (exact) mass is 493 g/mol. The Balaban J connectivity index is 1.70. The molecule has 186 valence electrons. The topological polar surface area (TPSA) is 64.6 Å². The normalized spacial score (nSPS) is 12.0. The van der Waals surface area contributed by atoms with E-state index in [0.29, 0.717) is 13.0 Å². The molecular formula is C29H36NO4P. The number of carbonyl (C=O) groups excluding carboxylic acids is 2. The van der Waals surface area contributed by atoms with Crippen LogP contribution in [0.4, 0.5) is 4.79 Å². The number of ether oxygens (including phenoxy) is 2. The fourth-order valence-corrected chi connectivity index (χ4v) is 8.76. The van der Waals surface area contributed by atoms with Crippen molar-refractivity contribution in [2.45, 2.75) is 27.2 Å². The van der Waals surface area contributed by atoms with Gasteiger partial charge >= 0.3 is 209 Å². The van der Waals surface area contributed by atoms with Gasteiger partial charge in [0, 0.05) is 0 Å². The van der Waals surface area contributed by atoms with Crippen LogP contribution in [0, 0.1) is 5.41 Å². The Morgan fingerprint density at radius 3 is 1.60 bits per heavy atom. The number of carbonyl (C=O) groups is 2. The standard InChI is InChI=1S/C29H36NO4P/c1-4-29(2,3)27(31)33-21-22-34-28(32)30-20-23-35(24-14-8-5-9-15-24,25-16-10-6-11-17-25)26-18-12-7-13-19-26/h5-19,35H,4,20-23H2,1-3H3,(H,30,32). The maximum atomic E-state index is 12.4. The molecule has 0 aliphatic rings. The summed E-state index contributed by atoms with van der Waals surface area (Å²) in [7, 11) is -2.41. The van der Waals surface area contributed by atoms with Gasteiger partial charge in [0.05, 0.1) is 0 Å². The molecule has 0 aromatic heterocycles. The van der Waals surface area contributed by atoms with E-state index in [-0.39, 0.29) is 19.2 Å². The number of rotatable bonds is 11. The van der Waals surface area contributed by atoms with Crippen molar-refractivity contribution in [2.24, 2.45) is 5.41 Å². The van der Waals surface area contributed by atoms with Crippen LogP contribution in [0.25, 0.3) is 0 Å². The van der Waals surface area contributed by atoms with Crippen molar-refractivity contribution in [3.63, 3.8) is 0 Å². The summed E-state index contributed by atoms with van der Waals surface area (Å²) in [6.07, 6.45) is 0.955. The van der Waals surface area contributed by atoms with Crippen LogP contribution in [-0.4, -0.2) is 38.0 Å². The van der Waals surface area contributed by atoms with E-state index < -0.39 is 18.8 Å². The van der Waals surface area contributed by atoms with Crippen molar-refractivity contribution in [2.75, 3.05) is 25.9 Å². The minimum atomic E-state index is -2.41. The quantitative estimate of drug-likeness (QED) is 0.244. The van der Waals surface area contributed by atoms with Crippen molar-refractivity contribution in [1.82, 2.24) is 5.32 Å². The Morgan fingerprint density at radius 1 is 0.743 bits per heavy atom. The second-order valence-corrected chi connectivity index (χ2v) is 13.2. The molecule has 0 spiro atoms. The van der Waals surface area contributed by atoms with Crippen LogP contribution in [-0.2, 0) is 14.3 Å². The Bertz CT molecular complexity index is 975. The molecule has 1 N–H and O–H groups in total. The van der Waals surface area contributed by atoms with Gasteiger partial charge in [-0.3, -0.25) is 0 Å². The van der Waals surface area contributed by atoms with E-state index in [1.54, 1.807) is 0 Å². The van der Waals surface area contributed by atoms with Crippen LogP contribution >= 0.6 is 7.26 Å². The third-order valence-corrected chi connectivity index (χ3v) is 11.5. The van der Waals surface area contributed by atoms with Gasteiger partial charge in [0.15, 0.2) is 0 Å². The van der Waals surface area contributed by atoms with E-state index in [2.05, 4.69) is 78.1 Å². The van der Waals surface area contributed by atoms with Crippen LogP contribution in [0.1, 0.15) is 27.2 Å². The van der Waals surface area contributed by atoms with Crippen LogP contribution in [0.3, 0.4) is 0 Å². The van der Waals surface area contributed by atoms with Crippen molar-refractivity contribution in [3.8, 4) is 0 Å². The van der Waals surface area contributed by atoms with Gasteiger partial charge in [-0.25, -0.2) is 0 Å². The molecule has 0 heterocycles. The summed E-state index contributed by atoms with van der Waals surface area (Å²) in [6.45, 7) is 6.15. The summed E-state index contributed by atoms with van der Waals surface area (Å²) in [6, 6.07) is 31.7. The molecule has 35 heavy (non-hydrogen) atoms. The predicted octanol–water partition coefficient (Wildman–Crippen LogP) is 4.42. The molecule has 0 radical (unpaired) electrons. The van der Waals surface area contributed by atoms with Gasteiger partial charge in [-0.1, -0.05) is 0 Å². The van der Waals surface area contributed by atoms with E-state index in [1.165, 1.54) is 15.9 Å². The van der Waals surface area contributed by atoms with Crippen molar-refractivity contribution in [1.29, 1.82) is 0 Å². The molecule has 0 saturated heterocycles. The van der Waals surface area contributed by atoms with E-state index in [1.807, 2.05) is 39.0 Å². The first-order chi connectivity index (χ1) is 16.9. The van der Waals surface area contributed by atoms with Crippen molar-refractivity contribution in [3.05, 3.63) is 91.0 Å². The van der Waals surface area contributed by atoms with E-state index >= 15 is 0 Å². The molecule has 0 unspecified atom stereocenters. The molecule has 0 atom stereocenters. The Labute approximate surface area is 209 Å². The van der Waals surface area contributed by atoms with Crippen molar-refractivity contribution < 1.29 is 19.1 Å². The number of nitrogens with one attached hydrogen (secondary N) is 1. The number of alkyl carbamates (subject to hydrolysis) is 1. The van der Waals surface area contributed by atoms with Gasteiger partial charge < -0.3 is 0 Å². The molecule has 0 fully saturated rings. The molecule has 1 amide bonds. The Kier molecular flexibility index (Phi) is 9.45. The zero-order valence-corrected chi connectivity index (χ0v) is 21.8. The zero-order chi connectivity index (χ0) is 25.2. The fourth-order valence-electron chi connectivity index (χ4n) is 4.11. The van der Waals surface area contributed by atoms with E-state index in [9.17, 15) is 9.59 Å². The Hall–Kier alpha value is -3.17. The molecule has 3 aromatic carbocycles. The molecular weight excluding hydrogens is 457 g/mol. The maximum absolute atomic E-state index is 12.4. The summed E-state index contributed by atoms with van der Waals surface area (Å²) in [5.74, 6) is -0.284. The number of benzene rings is 3. The number of esters is 1. The van der Waals surface area contributed by atoms with Gasteiger partial charge in [0.25, 0.3) is 0 Å². The Morgan fingerprint density at radius 2 is 1.17 bits per heavy atom. The molecule has 3 aromatic rings. The molecule has 0 aliphatic heterocycles. The fraction of sp³-hybridized carbons (Fsp3) is 0.310. The summed E-state index contributed by atoms with van der Waals surface area (Å²) >= 11 is 0. The molecule has 6 heteroatoms. The molecule has 3 rings (SSSR count). The molecule has 0 aliphatic carbocycles. The van der Waals surface area contributed by atoms with Gasteiger partial charge in [0.2, 0.25) is 0 Å². The minimum absolute atomic E-state index is 0.0238. The molecule has 0 saturated carbocycles. The van der Waals surface area contributed by atoms with Crippen LogP contribution < -0.4 is 21.2 Å². The first-order valence-electron chi connectivity index (χ1n) is 12.1. The summed E-state index contributed by atoms with van der Waals surface area (Å²) < 4.78 is 10.5. The first kappa shape index (κ1) is 26.4. The molecule has 0 bridgehead atoms. The summed E-state index contributed by atoms with van der Waals surface area (Å²) in [5.41, 5.74) is -0.539. The summed E-state index contributed by atoms with van der Waals surface area (Å²) in [5, 5.41) is 6.78. The van der Waals surface area contributed by atoms with E-state index in [0.717, 1.165) is 6.16 Å². The van der Waals surface area contributed by atoms with Crippen molar-refractivity contribution >= 4 is 35.2 Å². The second kappa shape index (κ2) is 12.5. The zero-order valence-electron chi connectivity index (χ0n) is 20.8.